The zero-order valence-corrected chi connectivity index (χ0v) is 11.6. The first-order valence-electron chi connectivity index (χ1n) is 6.49. The van der Waals surface area contributed by atoms with Gasteiger partial charge in [-0.15, -0.1) is 0 Å². The second-order valence-electron chi connectivity index (χ2n) is 4.82. The van der Waals surface area contributed by atoms with E-state index < -0.39 is 16.1 Å². The normalized spacial score (nSPS) is 20.9. The molecule has 7 heteroatoms. The summed E-state index contributed by atoms with van der Waals surface area (Å²) in [6.07, 6.45) is 2.23. The molecule has 0 bridgehead atoms. The van der Waals surface area contributed by atoms with Crippen LogP contribution in [0.1, 0.15) is 19.3 Å². The van der Waals surface area contributed by atoms with Crippen molar-refractivity contribution < 1.29 is 8.42 Å². The van der Waals surface area contributed by atoms with Gasteiger partial charge in [0.25, 0.3) is 10.0 Å². The van der Waals surface area contributed by atoms with E-state index in [0.29, 0.717) is 24.0 Å². The Balaban J connectivity index is 2.04. The average Bonchev–Trinajstić information content (AvgIpc) is 2.92. The van der Waals surface area contributed by atoms with E-state index in [-0.39, 0.29) is 5.16 Å². The number of hydrogen-bond acceptors (Lipinski definition) is 4. The number of H-pyrrole nitrogens is 1. The van der Waals surface area contributed by atoms with E-state index in [2.05, 4.69) is 16.0 Å². The molecule has 1 aromatic heterocycles. The highest BCUT2D eigenvalue weighted by Crippen LogP contribution is 2.24. The van der Waals surface area contributed by atoms with Crippen LogP contribution < -0.4 is 0 Å². The largest absolute Gasteiger partial charge is 0.328 e. The Bertz CT molecular complexity index is 742. The Morgan fingerprint density at radius 2 is 2.15 bits per heavy atom. The van der Waals surface area contributed by atoms with Gasteiger partial charge >= 0.3 is 0 Å². The first kappa shape index (κ1) is 13.1. The summed E-state index contributed by atoms with van der Waals surface area (Å²) in [5.41, 5.74) is 1.29. The summed E-state index contributed by atoms with van der Waals surface area (Å²) in [6, 6.07) is 8.62. The molecule has 1 saturated heterocycles. The van der Waals surface area contributed by atoms with Gasteiger partial charge in [-0.2, -0.15) is 9.57 Å². The van der Waals surface area contributed by atoms with Crippen LogP contribution in [0.4, 0.5) is 0 Å². The van der Waals surface area contributed by atoms with Gasteiger partial charge in [0.15, 0.2) is 0 Å². The van der Waals surface area contributed by atoms with Crippen molar-refractivity contribution in [3.05, 3.63) is 24.3 Å². The van der Waals surface area contributed by atoms with Crippen molar-refractivity contribution in [1.29, 1.82) is 5.26 Å². The smallest absolute Gasteiger partial charge is 0.278 e. The van der Waals surface area contributed by atoms with Crippen LogP contribution >= 0.6 is 0 Å². The van der Waals surface area contributed by atoms with Crippen LogP contribution in [0.2, 0.25) is 0 Å². The molecule has 20 heavy (non-hydrogen) atoms. The maximum Gasteiger partial charge on any atom is 0.278 e. The number of nitrogens with one attached hydrogen (secondary N) is 1. The predicted octanol–water partition coefficient (Wildman–Crippen LogP) is 1.63. The molecule has 1 N–H and O–H groups in total. The number of benzene rings is 1. The number of imidazole rings is 1. The molecule has 1 atom stereocenters. The molecule has 0 saturated carbocycles. The molecule has 1 fully saturated rings. The summed E-state index contributed by atoms with van der Waals surface area (Å²) >= 11 is 0. The summed E-state index contributed by atoms with van der Waals surface area (Å²) in [5.74, 6) is 0. The number of nitrogens with zero attached hydrogens (tertiary/aromatic N) is 3. The lowest BCUT2D eigenvalue weighted by Gasteiger charge is -2.29. The van der Waals surface area contributed by atoms with Gasteiger partial charge in [0, 0.05) is 6.54 Å². The number of piperidine rings is 1. The molecule has 0 radical (unpaired) electrons. The molecule has 1 aromatic carbocycles. The number of aromatic amines is 1. The number of fused-ring (bicyclic) bond motifs is 1. The van der Waals surface area contributed by atoms with Crippen LogP contribution in [0.15, 0.2) is 29.4 Å². The van der Waals surface area contributed by atoms with E-state index in [4.69, 9.17) is 5.26 Å². The van der Waals surface area contributed by atoms with Gasteiger partial charge < -0.3 is 4.98 Å². The van der Waals surface area contributed by atoms with Gasteiger partial charge in [0.05, 0.1) is 17.1 Å². The SMILES string of the molecule is N#CC1CCCCN1S(=O)(=O)c1nc2ccccc2[nH]1. The van der Waals surface area contributed by atoms with Crippen LogP contribution in [0, 0.1) is 11.3 Å². The maximum atomic E-state index is 12.6. The van der Waals surface area contributed by atoms with E-state index >= 15 is 0 Å². The highest BCUT2D eigenvalue weighted by Gasteiger charge is 2.35. The number of aromatic nitrogens is 2. The summed E-state index contributed by atoms with van der Waals surface area (Å²) in [6.45, 7) is 0.373. The summed E-state index contributed by atoms with van der Waals surface area (Å²) in [5, 5.41) is 9.04. The maximum absolute atomic E-state index is 12.6. The fourth-order valence-electron chi connectivity index (χ4n) is 2.48. The zero-order chi connectivity index (χ0) is 14.2. The average molecular weight is 290 g/mol. The fourth-order valence-corrected chi connectivity index (χ4v) is 4.02. The van der Waals surface area contributed by atoms with Crippen LogP contribution in [-0.2, 0) is 10.0 Å². The molecule has 2 aromatic rings. The molecule has 0 aliphatic carbocycles. The predicted molar refractivity (Wildman–Crippen MR) is 73.2 cm³/mol. The molecule has 0 spiro atoms. The van der Waals surface area contributed by atoms with Gasteiger partial charge in [-0.3, -0.25) is 0 Å². The number of rotatable bonds is 2. The van der Waals surface area contributed by atoms with E-state index in [0.717, 1.165) is 12.8 Å². The number of para-hydroxylation sites is 2. The Kier molecular flexibility index (Phi) is 3.20. The van der Waals surface area contributed by atoms with Crippen LogP contribution in [0.3, 0.4) is 0 Å². The van der Waals surface area contributed by atoms with E-state index in [1.165, 1.54) is 4.31 Å². The lowest BCUT2D eigenvalue weighted by molar-refractivity contribution is 0.295. The molecular weight excluding hydrogens is 276 g/mol. The van der Waals surface area contributed by atoms with Crippen molar-refractivity contribution in [1.82, 2.24) is 14.3 Å². The highest BCUT2D eigenvalue weighted by molar-refractivity contribution is 7.89. The van der Waals surface area contributed by atoms with Crippen molar-refractivity contribution in [3.8, 4) is 6.07 Å². The molecule has 1 aliphatic rings. The van der Waals surface area contributed by atoms with Gasteiger partial charge in [0.1, 0.15) is 6.04 Å². The summed E-state index contributed by atoms with van der Waals surface area (Å²) in [7, 11) is -3.74. The third-order valence-electron chi connectivity index (χ3n) is 3.52. The van der Waals surface area contributed by atoms with E-state index in [1.807, 2.05) is 6.07 Å². The van der Waals surface area contributed by atoms with Gasteiger partial charge in [-0.1, -0.05) is 12.1 Å². The molecule has 1 aliphatic heterocycles. The van der Waals surface area contributed by atoms with Crippen molar-refractivity contribution in [2.75, 3.05) is 6.54 Å². The zero-order valence-electron chi connectivity index (χ0n) is 10.8. The summed E-state index contributed by atoms with van der Waals surface area (Å²) < 4.78 is 26.5. The molecule has 2 heterocycles. The molecule has 1 unspecified atom stereocenters. The molecule has 3 rings (SSSR count). The minimum Gasteiger partial charge on any atom is -0.328 e. The van der Waals surface area contributed by atoms with E-state index in [9.17, 15) is 8.42 Å². The Labute approximate surface area is 117 Å². The lowest BCUT2D eigenvalue weighted by atomic mass is 10.1. The minimum absolute atomic E-state index is 0.0825. The van der Waals surface area contributed by atoms with Crippen molar-refractivity contribution in [3.63, 3.8) is 0 Å². The minimum atomic E-state index is -3.74. The number of hydrogen-bond donors (Lipinski definition) is 1. The fraction of sp³-hybridized carbons (Fsp3) is 0.385. The molecular formula is C13H14N4O2S. The number of nitriles is 1. The Hall–Kier alpha value is -1.91. The monoisotopic (exact) mass is 290 g/mol. The lowest BCUT2D eigenvalue weighted by Crippen LogP contribution is -2.43. The van der Waals surface area contributed by atoms with Gasteiger partial charge in [0.2, 0.25) is 5.16 Å². The highest BCUT2D eigenvalue weighted by atomic mass is 32.2. The summed E-state index contributed by atoms with van der Waals surface area (Å²) in [4.78, 5) is 6.96. The van der Waals surface area contributed by atoms with Crippen molar-refractivity contribution in [2.45, 2.75) is 30.5 Å². The van der Waals surface area contributed by atoms with E-state index in [1.54, 1.807) is 18.2 Å². The van der Waals surface area contributed by atoms with Crippen molar-refractivity contribution >= 4 is 21.1 Å². The Morgan fingerprint density at radius 3 is 2.90 bits per heavy atom. The quantitative estimate of drug-likeness (QED) is 0.910. The van der Waals surface area contributed by atoms with Gasteiger partial charge in [-0.25, -0.2) is 13.4 Å². The first-order valence-corrected chi connectivity index (χ1v) is 7.93. The molecule has 6 nitrogen and oxygen atoms in total. The van der Waals surface area contributed by atoms with Crippen molar-refractivity contribution in [2.24, 2.45) is 0 Å². The van der Waals surface area contributed by atoms with Crippen LogP contribution in [-0.4, -0.2) is 35.3 Å². The second-order valence-corrected chi connectivity index (χ2v) is 6.62. The molecule has 0 amide bonds. The number of sulfonamides is 1. The third kappa shape index (κ3) is 2.07. The first-order chi connectivity index (χ1) is 9.63. The topological polar surface area (TPSA) is 89.8 Å². The van der Waals surface area contributed by atoms with Crippen LogP contribution in [0.25, 0.3) is 11.0 Å². The Morgan fingerprint density at radius 1 is 1.35 bits per heavy atom. The third-order valence-corrected chi connectivity index (χ3v) is 5.26. The van der Waals surface area contributed by atoms with Crippen LogP contribution in [0.5, 0.6) is 0 Å². The van der Waals surface area contributed by atoms with Gasteiger partial charge in [-0.05, 0) is 31.4 Å². The second kappa shape index (κ2) is 4.89. The molecule has 104 valence electrons. The standard InChI is InChI=1S/C13H14N4O2S/c14-9-10-5-3-4-8-17(10)20(18,19)13-15-11-6-1-2-7-12(11)16-13/h1-2,6-7,10H,3-5,8H2,(H,15,16).